The molecule has 1 aromatic carbocycles. The Morgan fingerprint density at radius 3 is 2.53 bits per heavy atom. The van der Waals surface area contributed by atoms with Gasteiger partial charge in [-0.15, -0.1) is 0 Å². The molecule has 1 aromatic rings. The maximum atomic E-state index is 6.04. The van der Waals surface area contributed by atoms with Crippen molar-refractivity contribution in [2.45, 2.75) is 50.6 Å². The number of hydrogen-bond donors (Lipinski definition) is 2. The topological polar surface area (TPSA) is 38.0 Å². The van der Waals surface area contributed by atoms with E-state index in [0.29, 0.717) is 12.6 Å². The lowest BCUT2D eigenvalue weighted by atomic mass is 10.0. The summed E-state index contributed by atoms with van der Waals surface area (Å²) >= 11 is 9.52. The Kier molecular flexibility index (Phi) is 6.14. The molecule has 1 aliphatic carbocycles. The van der Waals surface area contributed by atoms with E-state index in [1.807, 2.05) is 6.07 Å². The monoisotopic (exact) mass is 344 g/mol. The van der Waals surface area contributed by atoms with Gasteiger partial charge in [0.1, 0.15) is 0 Å². The van der Waals surface area contributed by atoms with Gasteiger partial charge in [-0.1, -0.05) is 43.4 Å². The fraction of sp³-hybridized carbons (Fsp3) is 0.600. The maximum Gasteiger partial charge on any atom is 0.0548 e. The smallest absolute Gasteiger partial charge is 0.0548 e. The van der Waals surface area contributed by atoms with E-state index in [2.05, 4.69) is 33.4 Å². The molecule has 0 bridgehead atoms. The fourth-order valence-electron chi connectivity index (χ4n) is 2.76. The first-order chi connectivity index (χ1) is 9.20. The van der Waals surface area contributed by atoms with E-state index < -0.39 is 0 Å². The van der Waals surface area contributed by atoms with Gasteiger partial charge in [-0.3, -0.25) is 0 Å². The van der Waals surface area contributed by atoms with Crippen molar-refractivity contribution in [3.63, 3.8) is 0 Å². The molecule has 2 nitrogen and oxygen atoms in total. The van der Waals surface area contributed by atoms with Crippen molar-refractivity contribution in [1.29, 1.82) is 0 Å². The second-order valence-electron chi connectivity index (χ2n) is 5.32. The molecule has 0 amide bonds. The minimum atomic E-state index is 0.219. The maximum absolute atomic E-state index is 6.04. The van der Waals surface area contributed by atoms with Crippen LogP contribution >= 0.6 is 27.5 Å². The summed E-state index contributed by atoms with van der Waals surface area (Å²) in [5, 5.41) is 4.46. The van der Waals surface area contributed by atoms with Crippen molar-refractivity contribution in [3.8, 4) is 0 Å². The predicted octanol–water partition coefficient (Wildman–Crippen LogP) is 4.41. The summed E-state index contributed by atoms with van der Waals surface area (Å²) in [6, 6.07) is 6.89. The molecule has 0 heterocycles. The van der Waals surface area contributed by atoms with Crippen LogP contribution in [0.2, 0.25) is 5.02 Å². The third-order valence-electron chi connectivity index (χ3n) is 3.87. The van der Waals surface area contributed by atoms with Gasteiger partial charge in [0.2, 0.25) is 0 Å². The zero-order chi connectivity index (χ0) is 13.7. The summed E-state index contributed by atoms with van der Waals surface area (Å²) in [5.74, 6) is 0. The van der Waals surface area contributed by atoms with Crippen molar-refractivity contribution < 1.29 is 0 Å². The zero-order valence-electron chi connectivity index (χ0n) is 11.2. The lowest BCUT2D eigenvalue weighted by Crippen LogP contribution is -2.36. The van der Waals surface area contributed by atoms with Crippen molar-refractivity contribution >= 4 is 27.5 Å². The molecular formula is C15H22BrClN2. The fourth-order valence-corrected chi connectivity index (χ4v) is 3.27. The second-order valence-corrected chi connectivity index (χ2v) is 6.58. The number of nitrogens with two attached hydrogens (primary N) is 1. The van der Waals surface area contributed by atoms with Crippen LogP contribution in [-0.2, 0) is 0 Å². The Morgan fingerprint density at radius 1 is 1.26 bits per heavy atom. The Labute approximate surface area is 129 Å². The Bertz CT molecular complexity index is 403. The first-order valence-electron chi connectivity index (χ1n) is 7.12. The normalized spacial score (nSPS) is 19.1. The summed E-state index contributed by atoms with van der Waals surface area (Å²) in [4.78, 5) is 0. The zero-order valence-corrected chi connectivity index (χ0v) is 13.5. The van der Waals surface area contributed by atoms with Gasteiger partial charge in [0.25, 0.3) is 0 Å². The van der Waals surface area contributed by atoms with Crippen LogP contribution < -0.4 is 11.1 Å². The Balaban J connectivity index is 2.03. The standard InChI is InChI=1S/C15H22BrClN2/c16-13-9-11(7-8-14(13)17)15(10-18)19-12-5-3-1-2-4-6-12/h7-9,12,15,19H,1-6,10,18H2. The van der Waals surface area contributed by atoms with Gasteiger partial charge < -0.3 is 11.1 Å². The molecule has 0 spiro atoms. The third kappa shape index (κ3) is 4.45. The van der Waals surface area contributed by atoms with E-state index >= 15 is 0 Å². The second kappa shape index (κ2) is 7.63. The van der Waals surface area contributed by atoms with E-state index in [9.17, 15) is 0 Å². The van der Waals surface area contributed by atoms with E-state index in [1.54, 1.807) is 0 Å². The lowest BCUT2D eigenvalue weighted by Gasteiger charge is -2.24. The minimum absolute atomic E-state index is 0.219. The Morgan fingerprint density at radius 2 is 1.95 bits per heavy atom. The van der Waals surface area contributed by atoms with Gasteiger partial charge in [0.05, 0.1) is 5.02 Å². The molecule has 3 N–H and O–H groups in total. The quantitative estimate of drug-likeness (QED) is 0.793. The van der Waals surface area contributed by atoms with Crippen LogP contribution in [0.4, 0.5) is 0 Å². The number of rotatable bonds is 4. The molecular weight excluding hydrogens is 324 g/mol. The molecule has 1 atom stereocenters. The molecule has 1 unspecified atom stereocenters. The summed E-state index contributed by atoms with van der Waals surface area (Å²) < 4.78 is 0.938. The molecule has 1 fully saturated rings. The largest absolute Gasteiger partial charge is 0.329 e. The first kappa shape index (κ1) is 15.3. The van der Waals surface area contributed by atoms with Crippen LogP contribution in [0, 0.1) is 0 Å². The number of nitrogens with one attached hydrogen (secondary N) is 1. The lowest BCUT2D eigenvalue weighted by molar-refractivity contribution is 0.402. The van der Waals surface area contributed by atoms with Crippen LogP contribution in [-0.4, -0.2) is 12.6 Å². The van der Waals surface area contributed by atoms with Gasteiger partial charge in [-0.05, 0) is 46.5 Å². The van der Waals surface area contributed by atoms with Crippen LogP contribution in [0.25, 0.3) is 0 Å². The number of halogens is 2. The highest BCUT2D eigenvalue weighted by Crippen LogP contribution is 2.27. The molecule has 19 heavy (non-hydrogen) atoms. The summed E-state index contributed by atoms with van der Waals surface area (Å²) in [6.07, 6.45) is 7.95. The van der Waals surface area contributed by atoms with Crippen LogP contribution in [0.5, 0.6) is 0 Å². The molecule has 2 rings (SSSR count). The SMILES string of the molecule is NCC(NC1CCCCCC1)c1ccc(Cl)c(Br)c1. The molecule has 1 saturated carbocycles. The summed E-state index contributed by atoms with van der Waals surface area (Å²) in [6.45, 7) is 0.616. The van der Waals surface area contributed by atoms with E-state index in [1.165, 1.54) is 44.1 Å². The van der Waals surface area contributed by atoms with Crippen molar-refractivity contribution in [1.82, 2.24) is 5.32 Å². The molecule has 1 aliphatic rings. The summed E-state index contributed by atoms with van der Waals surface area (Å²) in [7, 11) is 0. The van der Waals surface area contributed by atoms with Gasteiger partial charge in [-0.25, -0.2) is 0 Å². The van der Waals surface area contributed by atoms with Gasteiger partial charge in [0, 0.05) is 23.1 Å². The van der Waals surface area contributed by atoms with Crippen LogP contribution in [0.3, 0.4) is 0 Å². The first-order valence-corrected chi connectivity index (χ1v) is 8.29. The molecule has 4 heteroatoms. The van der Waals surface area contributed by atoms with E-state index in [0.717, 1.165) is 9.50 Å². The molecule has 106 valence electrons. The highest BCUT2D eigenvalue weighted by molar-refractivity contribution is 9.10. The number of benzene rings is 1. The number of hydrogen-bond acceptors (Lipinski definition) is 2. The minimum Gasteiger partial charge on any atom is -0.329 e. The van der Waals surface area contributed by atoms with Crippen molar-refractivity contribution in [3.05, 3.63) is 33.3 Å². The van der Waals surface area contributed by atoms with Gasteiger partial charge in [-0.2, -0.15) is 0 Å². The third-order valence-corrected chi connectivity index (χ3v) is 5.09. The molecule has 0 saturated heterocycles. The van der Waals surface area contributed by atoms with Crippen molar-refractivity contribution in [2.75, 3.05) is 6.54 Å². The average molecular weight is 346 g/mol. The van der Waals surface area contributed by atoms with Crippen LogP contribution in [0.15, 0.2) is 22.7 Å². The van der Waals surface area contributed by atoms with Crippen molar-refractivity contribution in [2.24, 2.45) is 5.73 Å². The van der Waals surface area contributed by atoms with Gasteiger partial charge >= 0.3 is 0 Å². The Hall–Kier alpha value is -0.0900. The summed E-state index contributed by atoms with van der Waals surface area (Å²) in [5.41, 5.74) is 7.15. The molecule has 0 aliphatic heterocycles. The average Bonchev–Trinajstić information content (AvgIpc) is 2.68. The van der Waals surface area contributed by atoms with E-state index in [-0.39, 0.29) is 6.04 Å². The highest BCUT2D eigenvalue weighted by atomic mass is 79.9. The van der Waals surface area contributed by atoms with Crippen LogP contribution in [0.1, 0.15) is 50.1 Å². The highest BCUT2D eigenvalue weighted by Gasteiger charge is 2.18. The van der Waals surface area contributed by atoms with E-state index in [4.69, 9.17) is 17.3 Å². The predicted molar refractivity (Wildman–Crippen MR) is 85.6 cm³/mol. The molecule has 0 radical (unpaired) electrons. The molecule has 0 aromatic heterocycles. The van der Waals surface area contributed by atoms with Gasteiger partial charge in [0.15, 0.2) is 0 Å².